The Labute approximate surface area is 104 Å². The molecule has 78 valence electrons. The van der Waals surface area contributed by atoms with Gasteiger partial charge in [-0.15, -0.1) is 0 Å². The maximum absolute atomic E-state index is 10.8. The summed E-state index contributed by atoms with van der Waals surface area (Å²) in [5.41, 5.74) is 1.28. The number of alkyl halides is 2. The standard InChI is InChI=1S/C10H7Br2NO2/c1-6(14)15-9-3-7(5-13)2-8(4-9)10(11)12/h2-4,10H,1H3. The lowest BCUT2D eigenvalue weighted by molar-refractivity contribution is -0.131. The van der Waals surface area contributed by atoms with Crippen LogP contribution in [0.15, 0.2) is 18.2 Å². The Kier molecular flexibility index (Phi) is 4.30. The van der Waals surface area contributed by atoms with E-state index in [1.54, 1.807) is 12.1 Å². The molecule has 0 aliphatic rings. The molecule has 15 heavy (non-hydrogen) atoms. The predicted octanol–water partition coefficient (Wildman–Crippen LogP) is 3.27. The number of rotatable bonds is 2. The van der Waals surface area contributed by atoms with E-state index in [-0.39, 0.29) is 3.74 Å². The van der Waals surface area contributed by atoms with Gasteiger partial charge in [0.2, 0.25) is 0 Å². The van der Waals surface area contributed by atoms with Crippen molar-refractivity contribution in [2.75, 3.05) is 0 Å². The second-order valence-electron chi connectivity index (χ2n) is 2.80. The van der Waals surface area contributed by atoms with Gasteiger partial charge in [-0.05, 0) is 23.8 Å². The molecule has 0 N–H and O–H groups in total. The molecular formula is C10H7Br2NO2. The third-order valence-electron chi connectivity index (χ3n) is 1.57. The fourth-order valence-electron chi connectivity index (χ4n) is 1.04. The van der Waals surface area contributed by atoms with E-state index >= 15 is 0 Å². The van der Waals surface area contributed by atoms with Crippen LogP contribution in [0.1, 0.15) is 21.8 Å². The van der Waals surface area contributed by atoms with Gasteiger partial charge in [-0.25, -0.2) is 0 Å². The molecule has 0 amide bonds. The van der Waals surface area contributed by atoms with Crippen LogP contribution < -0.4 is 4.74 Å². The molecule has 0 radical (unpaired) electrons. The van der Waals surface area contributed by atoms with Crippen LogP contribution in [0, 0.1) is 11.3 Å². The van der Waals surface area contributed by atoms with Crippen LogP contribution in [0.25, 0.3) is 0 Å². The zero-order valence-electron chi connectivity index (χ0n) is 7.83. The Morgan fingerprint density at radius 2 is 2.13 bits per heavy atom. The highest BCUT2D eigenvalue weighted by atomic mass is 79.9. The molecule has 0 heterocycles. The number of esters is 1. The fourth-order valence-corrected chi connectivity index (χ4v) is 1.57. The lowest BCUT2D eigenvalue weighted by Crippen LogP contribution is -2.02. The van der Waals surface area contributed by atoms with E-state index in [9.17, 15) is 4.79 Å². The highest BCUT2D eigenvalue weighted by Gasteiger charge is 2.08. The second kappa shape index (κ2) is 5.29. The smallest absolute Gasteiger partial charge is 0.308 e. The average molecular weight is 333 g/mol. The molecule has 0 spiro atoms. The van der Waals surface area contributed by atoms with Crippen LogP contribution >= 0.6 is 31.9 Å². The summed E-state index contributed by atoms with van der Waals surface area (Å²) < 4.78 is 4.84. The number of hydrogen-bond acceptors (Lipinski definition) is 3. The Morgan fingerprint density at radius 3 is 2.60 bits per heavy atom. The molecule has 0 aromatic heterocycles. The summed E-state index contributed by atoms with van der Waals surface area (Å²) in [7, 11) is 0. The van der Waals surface area contributed by atoms with Crippen molar-refractivity contribution in [1.82, 2.24) is 0 Å². The zero-order chi connectivity index (χ0) is 11.4. The van der Waals surface area contributed by atoms with Crippen molar-refractivity contribution in [3.05, 3.63) is 29.3 Å². The fraction of sp³-hybridized carbons (Fsp3) is 0.200. The highest BCUT2D eigenvalue weighted by Crippen LogP contribution is 2.32. The Morgan fingerprint density at radius 1 is 1.47 bits per heavy atom. The van der Waals surface area contributed by atoms with Crippen molar-refractivity contribution in [2.24, 2.45) is 0 Å². The molecule has 1 aromatic rings. The van der Waals surface area contributed by atoms with Gasteiger partial charge < -0.3 is 4.74 Å². The monoisotopic (exact) mass is 331 g/mol. The third kappa shape index (κ3) is 3.65. The molecule has 5 heteroatoms. The number of ether oxygens (including phenoxy) is 1. The molecule has 0 bridgehead atoms. The van der Waals surface area contributed by atoms with Crippen LogP contribution in [0.2, 0.25) is 0 Å². The third-order valence-corrected chi connectivity index (χ3v) is 2.63. The first-order valence-electron chi connectivity index (χ1n) is 4.04. The predicted molar refractivity (Wildman–Crippen MR) is 63.1 cm³/mol. The van der Waals surface area contributed by atoms with Gasteiger partial charge >= 0.3 is 5.97 Å². The summed E-state index contributed by atoms with van der Waals surface area (Å²) in [6.07, 6.45) is 0. The van der Waals surface area contributed by atoms with Crippen LogP contribution in [-0.4, -0.2) is 5.97 Å². The quantitative estimate of drug-likeness (QED) is 0.474. The number of carbonyl (C=O) groups is 1. The van der Waals surface area contributed by atoms with E-state index in [4.69, 9.17) is 10.00 Å². The van der Waals surface area contributed by atoms with Crippen molar-refractivity contribution in [3.8, 4) is 11.8 Å². The molecular weight excluding hydrogens is 326 g/mol. The Balaban J connectivity index is 3.12. The number of halogens is 2. The highest BCUT2D eigenvalue weighted by molar-refractivity contribution is 9.24. The molecule has 0 unspecified atom stereocenters. The Bertz CT molecular complexity index is 424. The van der Waals surface area contributed by atoms with Crippen molar-refractivity contribution in [2.45, 2.75) is 10.7 Å². The van der Waals surface area contributed by atoms with Crippen molar-refractivity contribution in [1.29, 1.82) is 5.26 Å². The number of carbonyl (C=O) groups excluding carboxylic acids is 1. The first kappa shape index (κ1) is 12.2. The molecule has 1 aromatic carbocycles. The number of hydrogen-bond donors (Lipinski definition) is 0. The second-order valence-corrected chi connectivity index (χ2v) is 5.86. The largest absolute Gasteiger partial charge is 0.427 e. The van der Waals surface area contributed by atoms with Crippen molar-refractivity contribution in [3.63, 3.8) is 0 Å². The summed E-state index contributed by atoms with van der Waals surface area (Å²) >= 11 is 6.63. The summed E-state index contributed by atoms with van der Waals surface area (Å²) in [6.45, 7) is 1.32. The van der Waals surface area contributed by atoms with Gasteiger partial charge in [0.05, 0.1) is 15.4 Å². The van der Waals surface area contributed by atoms with Gasteiger partial charge in [-0.2, -0.15) is 5.26 Å². The molecule has 0 saturated heterocycles. The van der Waals surface area contributed by atoms with Gasteiger partial charge in [0, 0.05) is 6.92 Å². The Hall–Kier alpha value is -0.860. The first-order chi connectivity index (χ1) is 7.02. The topological polar surface area (TPSA) is 50.1 Å². The minimum absolute atomic E-state index is 0.0763. The molecule has 0 saturated carbocycles. The normalized spacial score (nSPS) is 9.80. The first-order valence-corrected chi connectivity index (χ1v) is 5.87. The maximum Gasteiger partial charge on any atom is 0.308 e. The molecule has 0 aliphatic carbocycles. The summed E-state index contributed by atoms with van der Waals surface area (Å²) in [6, 6.07) is 6.92. The van der Waals surface area contributed by atoms with E-state index in [1.165, 1.54) is 13.0 Å². The van der Waals surface area contributed by atoms with E-state index in [0.717, 1.165) is 5.56 Å². The van der Waals surface area contributed by atoms with Crippen LogP contribution in [-0.2, 0) is 4.79 Å². The van der Waals surface area contributed by atoms with Gasteiger partial charge in [-0.1, -0.05) is 31.9 Å². The van der Waals surface area contributed by atoms with Crippen LogP contribution in [0.3, 0.4) is 0 Å². The molecule has 0 aliphatic heterocycles. The van der Waals surface area contributed by atoms with E-state index in [1.807, 2.05) is 6.07 Å². The minimum atomic E-state index is -0.406. The SMILES string of the molecule is CC(=O)Oc1cc(C#N)cc(C(Br)Br)c1. The molecule has 0 atom stereocenters. The molecule has 1 rings (SSSR count). The molecule has 3 nitrogen and oxygen atoms in total. The van der Waals surface area contributed by atoms with E-state index in [0.29, 0.717) is 11.3 Å². The number of nitrogens with zero attached hydrogens (tertiary/aromatic N) is 1. The van der Waals surface area contributed by atoms with E-state index < -0.39 is 5.97 Å². The maximum atomic E-state index is 10.8. The number of nitriles is 1. The zero-order valence-corrected chi connectivity index (χ0v) is 11.0. The lowest BCUT2D eigenvalue weighted by Gasteiger charge is -2.06. The number of benzene rings is 1. The molecule has 0 fully saturated rings. The van der Waals surface area contributed by atoms with E-state index in [2.05, 4.69) is 31.9 Å². The van der Waals surface area contributed by atoms with Gasteiger partial charge in [-0.3, -0.25) is 4.79 Å². The van der Waals surface area contributed by atoms with Gasteiger partial charge in [0.15, 0.2) is 0 Å². The summed E-state index contributed by atoms with van der Waals surface area (Å²) in [5, 5.41) is 8.78. The van der Waals surface area contributed by atoms with Crippen molar-refractivity contribution < 1.29 is 9.53 Å². The van der Waals surface area contributed by atoms with Crippen LogP contribution in [0.4, 0.5) is 0 Å². The van der Waals surface area contributed by atoms with Gasteiger partial charge in [0.25, 0.3) is 0 Å². The van der Waals surface area contributed by atoms with Crippen molar-refractivity contribution >= 4 is 37.8 Å². The summed E-state index contributed by atoms with van der Waals surface area (Å²) in [4.78, 5) is 10.8. The summed E-state index contributed by atoms with van der Waals surface area (Å²) in [5.74, 6) is -0.0304. The van der Waals surface area contributed by atoms with Crippen LogP contribution in [0.5, 0.6) is 5.75 Å². The average Bonchev–Trinajstić information content (AvgIpc) is 2.16. The minimum Gasteiger partial charge on any atom is -0.427 e. The van der Waals surface area contributed by atoms with Gasteiger partial charge in [0.1, 0.15) is 5.75 Å². The lowest BCUT2D eigenvalue weighted by atomic mass is 10.1.